The van der Waals surface area contributed by atoms with Gasteiger partial charge < -0.3 is 15.6 Å². The quantitative estimate of drug-likeness (QED) is 0.684. The lowest BCUT2D eigenvalue weighted by Gasteiger charge is -2.27. The van der Waals surface area contributed by atoms with E-state index in [2.05, 4.69) is 30.6 Å². The van der Waals surface area contributed by atoms with E-state index in [9.17, 15) is 0 Å². The van der Waals surface area contributed by atoms with Crippen LogP contribution in [0.15, 0.2) is 36.7 Å². The maximum Gasteiger partial charge on any atom is 0.231 e. The highest BCUT2D eigenvalue weighted by molar-refractivity contribution is 5.84. The third-order valence-corrected chi connectivity index (χ3v) is 3.76. The Morgan fingerprint density at radius 2 is 1.95 bits per heavy atom. The maximum atomic E-state index is 4.59. The van der Waals surface area contributed by atoms with Crippen LogP contribution in [0.25, 0.3) is 11.2 Å². The summed E-state index contributed by atoms with van der Waals surface area (Å²) in [6.45, 7) is 0. The molecule has 3 aromatic rings. The van der Waals surface area contributed by atoms with Gasteiger partial charge in [-0.25, -0.2) is 4.98 Å². The van der Waals surface area contributed by atoms with Crippen LogP contribution in [-0.2, 0) is 0 Å². The highest BCUT2D eigenvalue weighted by atomic mass is 15.2. The number of hydrogen-bond donors (Lipinski definition) is 3. The molecule has 4 rings (SSSR count). The molecule has 0 atom stereocenters. The zero-order valence-corrected chi connectivity index (χ0v) is 11.5. The Morgan fingerprint density at radius 1 is 1.10 bits per heavy atom. The molecule has 1 fully saturated rings. The number of nitrogens with one attached hydrogen (secondary N) is 3. The molecule has 0 bridgehead atoms. The van der Waals surface area contributed by atoms with Crippen LogP contribution in [0.2, 0.25) is 0 Å². The molecule has 3 N–H and O–H groups in total. The van der Waals surface area contributed by atoms with Crippen molar-refractivity contribution in [3.8, 4) is 0 Å². The SMILES string of the molecule is c1ccc(Nc2nc(NC3CCC3)c3[nH]cnc3n2)cc1. The third-order valence-electron chi connectivity index (χ3n) is 3.76. The number of H-pyrrole nitrogens is 1. The fraction of sp³-hybridized carbons (Fsp3) is 0.267. The molecule has 0 unspecified atom stereocenters. The first kappa shape index (κ1) is 12.1. The van der Waals surface area contributed by atoms with Gasteiger partial charge in [0.1, 0.15) is 5.52 Å². The van der Waals surface area contributed by atoms with E-state index < -0.39 is 0 Å². The van der Waals surface area contributed by atoms with Crippen molar-refractivity contribution in [2.45, 2.75) is 25.3 Å². The number of aromatic nitrogens is 4. The summed E-state index contributed by atoms with van der Waals surface area (Å²) in [5.74, 6) is 1.38. The lowest BCUT2D eigenvalue weighted by Crippen LogP contribution is -2.27. The molecule has 6 nitrogen and oxygen atoms in total. The zero-order chi connectivity index (χ0) is 14.1. The van der Waals surface area contributed by atoms with Crippen molar-refractivity contribution in [2.75, 3.05) is 10.6 Å². The minimum atomic E-state index is 0.510. The Labute approximate surface area is 122 Å². The highest BCUT2D eigenvalue weighted by Gasteiger charge is 2.20. The van der Waals surface area contributed by atoms with Crippen molar-refractivity contribution >= 4 is 28.6 Å². The molecule has 1 aromatic carbocycles. The lowest BCUT2D eigenvalue weighted by molar-refractivity contribution is 0.445. The van der Waals surface area contributed by atoms with Gasteiger partial charge in [0.2, 0.25) is 5.95 Å². The molecule has 21 heavy (non-hydrogen) atoms. The van der Waals surface area contributed by atoms with E-state index in [1.807, 2.05) is 30.3 Å². The fourth-order valence-electron chi connectivity index (χ4n) is 2.39. The van der Waals surface area contributed by atoms with E-state index in [1.54, 1.807) is 6.33 Å². The predicted molar refractivity (Wildman–Crippen MR) is 82.7 cm³/mol. The molecule has 106 valence electrons. The van der Waals surface area contributed by atoms with Crippen LogP contribution < -0.4 is 10.6 Å². The summed E-state index contributed by atoms with van der Waals surface area (Å²) >= 11 is 0. The Kier molecular flexibility index (Phi) is 2.92. The molecular formula is C15H16N6. The number of rotatable bonds is 4. The summed E-state index contributed by atoms with van der Waals surface area (Å²) in [6.07, 6.45) is 5.32. The number of aromatic amines is 1. The fourth-order valence-corrected chi connectivity index (χ4v) is 2.39. The van der Waals surface area contributed by atoms with Gasteiger partial charge in [-0.05, 0) is 31.4 Å². The van der Waals surface area contributed by atoms with Crippen molar-refractivity contribution in [2.24, 2.45) is 0 Å². The van der Waals surface area contributed by atoms with Crippen LogP contribution in [-0.4, -0.2) is 26.0 Å². The van der Waals surface area contributed by atoms with Crippen LogP contribution in [0.5, 0.6) is 0 Å². The smallest absolute Gasteiger partial charge is 0.231 e. The number of fused-ring (bicyclic) bond motifs is 1. The lowest BCUT2D eigenvalue weighted by atomic mass is 9.93. The van der Waals surface area contributed by atoms with Gasteiger partial charge >= 0.3 is 0 Å². The zero-order valence-electron chi connectivity index (χ0n) is 11.5. The molecule has 0 spiro atoms. The largest absolute Gasteiger partial charge is 0.365 e. The van der Waals surface area contributed by atoms with E-state index >= 15 is 0 Å². The van der Waals surface area contributed by atoms with Gasteiger partial charge in [0.15, 0.2) is 11.5 Å². The van der Waals surface area contributed by atoms with Gasteiger partial charge in [-0.3, -0.25) is 0 Å². The predicted octanol–water partition coefficient (Wildman–Crippen LogP) is 3.06. The Morgan fingerprint density at radius 3 is 2.71 bits per heavy atom. The van der Waals surface area contributed by atoms with Crippen molar-refractivity contribution in [1.82, 2.24) is 19.9 Å². The molecule has 0 aliphatic heterocycles. The second-order valence-electron chi connectivity index (χ2n) is 5.26. The molecule has 0 saturated heterocycles. The van der Waals surface area contributed by atoms with Crippen LogP contribution >= 0.6 is 0 Å². The third kappa shape index (κ3) is 2.40. The molecule has 1 aliphatic carbocycles. The van der Waals surface area contributed by atoms with Crippen molar-refractivity contribution in [3.05, 3.63) is 36.7 Å². The molecular weight excluding hydrogens is 264 g/mol. The van der Waals surface area contributed by atoms with Gasteiger partial charge in [-0.1, -0.05) is 18.2 Å². The van der Waals surface area contributed by atoms with Crippen LogP contribution in [0.4, 0.5) is 17.5 Å². The van der Waals surface area contributed by atoms with Gasteiger partial charge in [-0.2, -0.15) is 9.97 Å². The number of para-hydroxylation sites is 1. The first-order valence-corrected chi connectivity index (χ1v) is 7.18. The Balaban J connectivity index is 1.68. The Bertz CT molecular complexity index is 747. The topological polar surface area (TPSA) is 78.5 Å². The monoisotopic (exact) mass is 280 g/mol. The second kappa shape index (κ2) is 5.05. The maximum absolute atomic E-state index is 4.59. The van der Waals surface area contributed by atoms with Crippen LogP contribution in [0.3, 0.4) is 0 Å². The minimum Gasteiger partial charge on any atom is -0.365 e. The van der Waals surface area contributed by atoms with E-state index in [0.717, 1.165) is 17.0 Å². The van der Waals surface area contributed by atoms with E-state index in [4.69, 9.17) is 0 Å². The van der Waals surface area contributed by atoms with Gasteiger partial charge in [0.05, 0.1) is 6.33 Å². The van der Waals surface area contributed by atoms with Crippen LogP contribution in [0, 0.1) is 0 Å². The normalized spacial score (nSPS) is 14.9. The Hall–Kier alpha value is -2.63. The first-order chi connectivity index (χ1) is 10.4. The number of nitrogens with zero attached hydrogens (tertiary/aromatic N) is 3. The van der Waals surface area contributed by atoms with Gasteiger partial charge in [0, 0.05) is 11.7 Å². The molecule has 2 heterocycles. The number of hydrogen-bond acceptors (Lipinski definition) is 5. The molecule has 1 saturated carbocycles. The van der Waals surface area contributed by atoms with Gasteiger partial charge in [0.25, 0.3) is 0 Å². The molecule has 2 aromatic heterocycles. The second-order valence-corrected chi connectivity index (χ2v) is 5.26. The van der Waals surface area contributed by atoms with Crippen molar-refractivity contribution < 1.29 is 0 Å². The highest BCUT2D eigenvalue weighted by Crippen LogP contribution is 2.26. The molecule has 0 amide bonds. The summed E-state index contributed by atoms with van der Waals surface area (Å²) in [4.78, 5) is 16.4. The van der Waals surface area contributed by atoms with Gasteiger partial charge in [-0.15, -0.1) is 0 Å². The first-order valence-electron chi connectivity index (χ1n) is 7.18. The van der Waals surface area contributed by atoms with Crippen molar-refractivity contribution in [3.63, 3.8) is 0 Å². The summed E-state index contributed by atoms with van der Waals surface area (Å²) in [5, 5.41) is 6.69. The summed E-state index contributed by atoms with van der Waals surface area (Å²) in [5.41, 5.74) is 2.49. The molecule has 1 aliphatic rings. The van der Waals surface area contributed by atoms with Crippen LogP contribution in [0.1, 0.15) is 19.3 Å². The minimum absolute atomic E-state index is 0.510. The van der Waals surface area contributed by atoms with E-state index in [1.165, 1.54) is 19.3 Å². The summed E-state index contributed by atoms with van der Waals surface area (Å²) < 4.78 is 0. The number of anilines is 3. The number of benzene rings is 1. The van der Waals surface area contributed by atoms with Crippen molar-refractivity contribution in [1.29, 1.82) is 0 Å². The average molecular weight is 280 g/mol. The summed E-state index contributed by atoms with van der Waals surface area (Å²) in [7, 11) is 0. The standard InChI is InChI=1S/C15H16N6/c1-2-5-11(6-3-1)19-15-20-13-12(16-9-17-13)14(21-15)18-10-7-4-8-10/h1-3,5-6,9-10H,4,7-8H2,(H3,16,17,18,19,20,21). The van der Waals surface area contributed by atoms with E-state index in [-0.39, 0.29) is 0 Å². The number of imidazole rings is 1. The molecule has 6 heteroatoms. The van der Waals surface area contributed by atoms with E-state index in [0.29, 0.717) is 17.6 Å². The average Bonchev–Trinajstić information content (AvgIpc) is 2.92. The summed E-state index contributed by atoms with van der Waals surface area (Å²) in [6, 6.07) is 10.4. The molecule has 0 radical (unpaired) electrons.